The molecule has 18 heavy (non-hydrogen) atoms. The predicted octanol–water partition coefficient (Wildman–Crippen LogP) is 2.77. The number of pyridine rings is 1. The Labute approximate surface area is 97.6 Å². The lowest BCUT2D eigenvalue weighted by Crippen LogP contribution is -2.20. The van der Waals surface area contributed by atoms with Gasteiger partial charge in [-0.2, -0.15) is 13.2 Å². The van der Waals surface area contributed by atoms with Gasteiger partial charge in [0.25, 0.3) is 0 Å². The lowest BCUT2D eigenvalue weighted by Gasteiger charge is -2.15. The summed E-state index contributed by atoms with van der Waals surface area (Å²) < 4.78 is 76.9. The zero-order valence-corrected chi connectivity index (χ0v) is 8.99. The van der Waals surface area contributed by atoms with Crippen LogP contribution in [-0.4, -0.2) is 11.3 Å². The molecule has 0 radical (unpaired) electrons. The topological polar surface area (TPSA) is 48.1 Å². The lowest BCUT2D eigenvalue weighted by molar-refractivity contribution is -0.276. The number of hydrogen-bond acceptors (Lipinski definition) is 3. The minimum Gasteiger partial charge on any atom is -0.388 e. The molecule has 0 spiro atoms. The highest BCUT2D eigenvalue weighted by molar-refractivity contribution is 5.36. The first-order valence-corrected chi connectivity index (χ1v) is 4.58. The molecule has 0 fully saturated rings. The van der Waals surface area contributed by atoms with E-state index < -0.39 is 30.5 Å². The van der Waals surface area contributed by atoms with E-state index in [0.717, 1.165) is 6.92 Å². The molecular weight excluding hydrogens is 266 g/mol. The molecule has 0 saturated heterocycles. The highest BCUT2D eigenvalue weighted by Crippen LogP contribution is 2.35. The van der Waals surface area contributed by atoms with Crippen LogP contribution in [0, 0.1) is 6.92 Å². The number of hydrogen-bond donors (Lipinski definition) is 1. The molecule has 1 aromatic rings. The Morgan fingerprint density at radius 3 is 2.17 bits per heavy atom. The van der Waals surface area contributed by atoms with Gasteiger partial charge in [-0.05, 0) is 12.5 Å². The van der Waals surface area contributed by atoms with E-state index >= 15 is 0 Å². The summed E-state index contributed by atoms with van der Waals surface area (Å²) in [6, 6.07) is 0.196. The number of alkyl halides is 6. The van der Waals surface area contributed by atoms with E-state index in [1.807, 2.05) is 0 Å². The van der Waals surface area contributed by atoms with Gasteiger partial charge in [0.15, 0.2) is 0 Å². The van der Waals surface area contributed by atoms with Crippen LogP contribution in [0.3, 0.4) is 0 Å². The van der Waals surface area contributed by atoms with E-state index in [4.69, 9.17) is 5.73 Å². The standard InChI is InChI=1S/C9H8F6N2O/c1-4-5(8(10,11)12)2-7(17-6(4)3-16)18-9(13,14)15/h2H,3,16H2,1H3. The fourth-order valence-electron chi connectivity index (χ4n) is 1.30. The van der Waals surface area contributed by atoms with E-state index in [2.05, 4.69) is 9.72 Å². The van der Waals surface area contributed by atoms with Gasteiger partial charge in [-0.1, -0.05) is 0 Å². The molecule has 0 amide bonds. The van der Waals surface area contributed by atoms with Crippen LogP contribution in [0.4, 0.5) is 26.3 Å². The fraction of sp³-hybridized carbons (Fsp3) is 0.444. The molecule has 1 heterocycles. The van der Waals surface area contributed by atoms with Gasteiger partial charge in [0.1, 0.15) is 0 Å². The van der Waals surface area contributed by atoms with Crippen molar-refractivity contribution in [3.63, 3.8) is 0 Å². The third-order valence-corrected chi connectivity index (χ3v) is 2.07. The number of nitrogens with two attached hydrogens (primary N) is 1. The Kier molecular flexibility index (Phi) is 3.75. The maximum atomic E-state index is 12.6. The zero-order valence-electron chi connectivity index (χ0n) is 8.99. The molecule has 0 bridgehead atoms. The van der Waals surface area contributed by atoms with Crippen LogP contribution in [-0.2, 0) is 12.7 Å². The molecule has 9 heteroatoms. The smallest absolute Gasteiger partial charge is 0.388 e. The second kappa shape index (κ2) is 4.63. The number of halogens is 6. The minimum atomic E-state index is -5.11. The molecule has 0 atom stereocenters. The van der Waals surface area contributed by atoms with Gasteiger partial charge < -0.3 is 10.5 Å². The molecule has 1 aromatic heterocycles. The molecule has 1 rings (SSSR count). The minimum absolute atomic E-state index is 0.196. The number of nitrogens with zero attached hydrogens (tertiary/aromatic N) is 1. The Morgan fingerprint density at radius 1 is 1.22 bits per heavy atom. The summed E-state index contributed by atoms with van der Waals surface area (Å²) in [4.78, 5) is 3.28. The summed E-state index contributed by atoms with van der Waals surface area (Å²) >= 11 is 0. The van der Waals surface area contributed by atoms with Crippen molar-refractivity contribution in [1.82, 2.24) is 4.98 Å². The van der Waals surface area contributed by atoms with Gasteiger partial charge in [-0.15, -0.1) is 13.2 Å². The Balaban J connectivity index is 3.31. The Hall–Kier alpha value is -1.51. The summed E-state index contributed by atoms with van der Waals surface area (Å²) in [7, 11) is 0. The van der Waals surface area contributed by atoms with E-state index in [0.29, 0.717) is 0 Å². The third kappa shape index (κ3) is 3.49. The molecule has 102 valence electrons. The van der Waals surface area contributed by atoms with Crippen LogP contribution >= 0.6 is 0 Å². The van der Waals surface area contributed by atoms with Crippen molar-refractivity contribution in [3.05, 3.63) is 22.9 Å². The van der Waals surface area contributed by atoms with Crippen LogP contribution in [0.2, 0.25) is 0 Å². The van der Waals surface area contributed by atoms with Gasteiger partial charge >= 0.3 is 12.5 Å². The molecule has 0 unspecified atom stereocenters. The maximum Gasteiger partial charge on any atom is 0.574 e. The number of rotatable bonds is 2. The van der Waals surface area contributed by atoms with Crippen molar-refractivity contribution >= 4 is 0 Å². The van der Waals surface area contributed by atoms with Crippen LogP contribution in [0.25, 0.3) is 0 Å². The third-order valence-electron chi connectivity index (χ3n) is 2.07. The van der Waals surface area contributed by atoms with Crippen molar-refractivity contribution in [2.24, 2.45) is 5.73 Å². The molecule has 0 aromatic carbocycles. The number of ether oxygens (including phenoxy) is 1. The molecule has 0 aliphatic heterocycles. The summed E-state index contributed by atoms with van der Waals surface area (Å²) in [6.45, 7) is 0.652. The van der Waals surface area contributed by atoms with Crippen molar-refractivity contribution in [2.75, 3.05) is 0 Å². The second-order valence-corrected chi connectivity index (χ2v) is 3.33. The van der Waals surface area contributed by atoms with Crippen molar-refractivity contribution in [2.45, 2.75) is 26.0 Å². The van der Waals surface area contributed by atoms with Gasteiger partial charge in [-0.25, -0.2) is 4.98 Å². The van der Waals surface area contributed by atoms with Gasteiger partial charge in [0.05, 0.1) is 11.3 Å². The van der Waals surface area contributed by atoms with Crippen molar-refractivity contribution < 1.29 is 31.1 Å². The maximum absolute atomic E-state index is 12.6. The highest BCUT2D eigenvalue weighted by Gasteiger charge is 2.37. The molecule has 0 saturated carbocycles. The molecule has 0 aliphatic rings. The fourth-order valence-corrected chi connectivity index (χ4v) is 1.30. The van der Waals surface area contributed by atoms with Crippen LogP contribution in [0.15, 0.2) is 6.07 Å². The first kappa shape index (κ1) is 14.6. The molecule has 2 N–H and O–H groups in total. The summed E-state index contributed by atoms with van der Waals surface area (Å²) in [5.41, 5.74) is 3.25. The average molecular weight is 274 g/mol. The average Bonchev–Trinajstić information content (AvgIpc) is 2.16. The lowest BCUT2D eigenvalue weighted by atomic mass is 10.1. The monoisotopic (exact) mass is 274 g/mol. The predicted molar refractivity (Wildman–Crippen MR) is 48.6 cm³/mol. The SMILES string of the molecule is Cc1c(C(F)(F)F)cc(OC(F)(F)F)nc1CN. The molecular formula is C9H8F6N2O. The molecule has 0 aliphatic carbocycles. The van der Waals surface area contributed by atoms with E-state index in [-0.39, 0.29) is 17.3 Å². The first-order chi connectivity index (χ1) is 8.04. The molecule has 3 nitrogen and oxygen atoms in total. The second-order valence-electron chi connectivity index (χ2n) is 3.33. The largest absolute Gasteiger partial charge is 0.574 e. The first-order valence-electron chi connectivity index (χ1n) is 4.58. The van der Waals surface area contributed by atoms with E-state index in [1.54, 1.807) is 0 Å². The van der Waals surface area contributed by atoms with Gasteiger partial charge in [0.2, 0.25) is 5.88 Å². The summed E-state index contributed by atoms with van der Waals surface area (Å²) in [5.74, 6) is -1.18. The van der Waals surface area contributed by atoms with Crippen LogP contribution in [0.5, 0.6) is 5.88 Å². The quantitative estimate of drug-likeness (QED) is 0.843. The van der Waals surface area contributed by atoms with E-state index in [9.17, 15) is 26.3 Å². The van der Waals surface area contributed by atoms with Gasteiger partial charge in [0, 0.05) is 12.6 Å². The van der Waals surface area contributed by atoms with Crippen molar-refractivity contribution in [3.8, 4) is 5.88 Å². The van der Waals surface area contributed by atoms with E-state index in [1.165, 1.54) is 0 Å². The number of aromatic nitrogens is 1. The van der Waals surface area contributed by atoms with Crippen LogP contribution in [0.1, 0.15) is 16.8 Å². The highest BCUT2D eigenvalue weighted by atomic mass is 19.4. The van der Waals surface area contributed by atoms with Crippen molar-refractivity contribution in [1.29, 1.82) is 0 Å². The summed E-state index contributed by atoms with van der Waals surface area (Å²) in [6.07, 6.45) is -9.92. The Morgan fingerprint density at radius 2 is 1.78 bits per heavy atom. The Bertz CT molecular complexity index is 440. The summed E-state index contributed by atoms with van der Waals surface area (Å²) in [5, 5.41) is 0. The normalized spacial score (nSPS) is 12.7. The van der Waals surface area contributed by atoms with Gasteiger partial charge in [-0.3, -0.25) is 0 Å². The zero-order chi connectivity index (χ0) is 14.1. The van der Waals surface area contributed by atoms with Crippen LogP contribution < -0.4 is 10.5 Å².